The van der Waals surface area contributed by atoms with Crippen molar-refractivity contribution in [1.29, 1.82) is 0 Å². The number of rotatable bonds is 6. The number of nitrogens with one attached hydrogen (secondary N) is 1. The van der Waals surface area contributed by atoms with Gasteiger partial charge in [0.05, 0.1) is 25.9 Å². The Hall–Kier alpha value is -1.92. The van der Waals surface area contributed by atoms with Crippen LogP contribution in [0.2, 0.25) is 0 Å². The maximum atomic E-state index is 12.7. The molecule has 126 valence electrons. The molecule has 1 N–H and O–H groups in total. The minimum atomic E-state index is -0.686. The molecule has 2 amide bonds. The van der Waals surface area contributed by atoms with Crippen LogP contribution in [0.15, 0.2) is 30.3 Å². The van der Waals surface area contributed by atoms with Gasteiger partial charge in [0.1, 0.15) is 6.04 Å². The first kappa shape index (κ1) is 17.4. The van der Waals surface area contributed by atoms with Crippen molar-refractivity contribution in [2.45, 2.75) is 32.6 Å². The molecule has 1 aromatic carbocycles. The van der Waals surface area contributed by atoms with Gasteiger partial charge in [-0.05, 0) is 12.5 Å². The molecule has 6 nitrogen and oxygen atoms in total. The molecule has 1 saturated heterocycles. The average molecular weight is 320 g/mol. The summed E-state index contributed by atoms with van der Waals surface area (Å²) in [5, 5.41) is 2.72. The molecule has 1 heterocycles. The Bertz CT molecular complexity index is 515. The molecule has 0 spiro atoms. The Labute approximate surface area is 136 Å². The van der Waals surface area contributed by atoms with Crippen LogP contribution in [0, 0.1) is 0 Å². The highest BCUT2D eigenvalue weighted by Gasteiger charge is 2.31. The van der Waals surface area contributed by atoms with Gasteiger partial charge in [0.2, 0.25) is 11.8 Å². The van der Waals surface area contributed by atoms with Crippen LogP contribution in [0.5, 0.6) is 0 Å². The summed E-state index contributed by atoms with van der Waals surface area (Å²) in [6.07, 6.45) is -0.422. The minimum Gasteiger partial charge on any atom is -0.378 e. The zero-order valence-corrected chi connectivity index (χ0v) is 13.7. The molecule has 0 bridgehead atoms. The molecule has 1 aliphatic rings. The van der Waals surface area contributed by atoms with E-state index in [9.17, 15) is 9.59 Å². The summed E-state index contributed by atoms with van der Waals surface area (Å²) in [7, 11) is 0. The Kier molecular flexibility index (Phi) is 6.55. The van der Waals surface area contributed by atoms with E-state index < -0.39 is 12.1 Å². The SMILES string of the molecule is CC(=O)NC(C(=O)N1CCOCC1)C(C)OCc1ccccc1. The van der Waals surface area contributed by atoms with E-state index in [4.69, 9.17) is 9.47 Å². The maximum Gasteiger partial charge on any atom is 0.248 e. The number of benzene rings is 1. The molecule has 2 atom stereocenters. The second-order valence-corrected chi connectivity index (χ2v) is 5.62. The van der Waals surface area contributed by atoms with Gasteiger partial charge in [0.25, 0.3) is 0 Å². The summed E-state index contributed by atoms with van der Waals surface area (Å²) in [6.45, 7) is 5.75. The molecule has 6 heteroatoms. The number of hydrogen-bond acceptors (Lipinski definition) is 4. The van der Waals surface area contributed by atoms with E-state index in [1.807, 2.05) is 37.3 Å². The molecule has 2 rings (SSSR count). The van der Waals surface area contributed by atoms with Crippen molar-refractivity contribution in [3.63, 3.8) is 0 Å². The predicted molar refractivity (Wildman–Crippen MR) is 85.7 cm³/mol. The monoisotopic (exact) mass is 320 g/mol. The van der Waals surface area contributed by atoms with Gasteiger partial charge in [0, 0.05) is 20.0 Å². The molecule has 2 unspecified atom stereocenters. The maximum absolute atomic E-state index is 12.7. The van der Waals surface area contributed by atoms with E-state index in [-0.39, 0.29) is 11.8 Å². The summed E-state index contributed by atoms with van der Waals surface area (Å²) in [4.78, 5) is 25.8. The second-order valence-electron chi connectivity index (χ2n) is 5.62. The third-order valence-electron chi connectivity index (χ3n) is 3.77. The fourth-order valence-corrected chi connectivity index (χ4v) is 2.48. The first-order valence-electron chi connectivity index (χ1n) is 7.87. The average Bonchev–Trinajstić information content (AvgIpc) is 2.58. The van der Waals surface area contributed by atoms with Crippen molar-refractivity contribution in [3.8, 4) is 0 Å². The molecule has 1 aliphatic heterocycles. The molecule has 1 fully saturated rings. The quantitative estimate of drug-likeness (QED) is 0.847. The fraction of sp³-hybridized carbons (Fsp3) is 0.529. The number of morpholine rings is 1. The summed E-state index contributed by atoms with van der Waals surface area (Å²) >= 11 is 0. The van der Waals surface area contributed by atoms with Crippen LogP contribution < -0.4 is 5.32 Å². The van der Waals surface area contributed by atoms with Crippen LogP contribution in [-0.4, -0.2) is 55.2 Å². The van der Waals surface area contributed by atoms with E-state index in [1.54, 1.807) is 4.90 Å². The highest BCUT2D eigenvalue weighted by atomic mass is 16.5. The molecule has 23 heavy (non-hydrogen) atoms. The first-order valence-corrected chi connectivity index (χ1v) is 7.87. The van der Waals surface area contributed by atoms with E-state index in [0.29, 0.717) is 32.9 Å². The lowest BCUT2D eigenvalue weighted by atomic mass is 10.1. The number of nitrogens with zero attached hydrogens (tertiary/aromatic N) is 1. The Balaban J connectivity index is 1.98. The fourth-order valence-electron chi connectivity index (χ4n) is 2.48. The highest BCUT2D eigenvalue weighted by molar-refractivity contribution is 5.87. The largest absolute Gasteiger partial charge is 0.378 e. The van der Waals surface area contributed by atoms with Crippen LogP contribution in [0.3, 0.4) is 0 Å². The standard InChI is InChI=1S/C17H24N2O4/c1-13(23-12-15-6-4-3-5-7-15)16(18-14(2)20)17(21)19-8-10-22-11-9-19/h3-7,13,16H,8-12H2,1-2H3,(H,18,20). The van der Waals surface area contributed by atoms with E-state index in [1.165, 1.54) is 6.92 Å². The molecular formula is C17H24N2O4. The van der Waals surface area contributed by atoms with Crippen molar-refractivity contribution >= 4 is 11.8 Å². The summed E-state index contributed by atoms with van der Waals surface area (Å²) < 4.78 is 11.1. The Morgan fingerprint density at radius 3 is 2.52 bits per heavy atom. The van der Waals surface area contributed by atoms with Gasteiger partial charge in [-0.1, -0.05) is 30.3 Å². The predicted octanol–water partition coefficient (Wildman–Crippen LogP) is 0.955. The van der Waals surface area contributed by atoms with Gasteiger partial charge in [-0.15, -0.1) is 0 Å². The van der Waals surface area contributed by atoms with Crippen molar-refractivity contribution < 1.29 is 19.1 Å². The normalized spacial score (nSPS) is 17.4. The second kappa shape index (κ2) is 8.64. The van der Waals surface area contributed by atoms with E-state index in [0.717, 1.165) is 5.56 Å². The van der Waals surface area contributed by atoms with E-state index >= 15 is 0 Å². The molecule has 0 aromatic heterocycles. The lowest BCUT2D eigenvalue weighted by Crippen LogP contribution is -2.56. The van der Waals surface area contributed by atoms with Crippen molar-refractivity contribution in [1.82, 2.24) is 10.2 Å². The topological polar surface area (TPSA) is 67.9 Å². The molecule has 1 aromatic rings. The number of ether oxygens (including phenoxy) is 2. The van der Waals surface area contributed by atoms with Crippen molar-refractivity contribution in [2.75, 3.05) is 26.3 Å². The lowest BCUT2D eigenvalue weighted by Gasteiger charge is -2.32. The molecular weight excluding hydrogens is 296 g/mol. The summed E-state index contributed by atoms with van der Waals surface area (Å²) in [5.41, 5.74) is 1.03. The molecule has 0 aliphatic carbocycles. The Morgan fingerprint density at radius 2 is 1.91 bits per heavy atom. The highest BCUT2D eigenvalue weighted by Crippen LogP contribution is 2.10. The first-order chi connectivity index (χ1) is 11.1. The van der Waals surface area contributed by atoms with Gasteiger partial charge in [-0.3, -0.25) is 9.59 Å². The molecule has 0 saturated carbocycles. The number of carbonyl (C=O) groups excluding carboxylic acids is 2. The third-order valence-corrected chi connectivity index (χ3v) is 3.77. The van der Waals surface area contributed by atoms with Crippen molar-refractivity contribution in [2.24, 2.45) is 0 Å². The number of hydrogen-bond donors (Lipinski definition) is 1. The van der Waals surface area contributed by atoms with Gasteiger partial charge >= 0.3 is 0 Å². The third kappa shape index (κ3) is 5.33. The van der Waals surface area contributed by atoms with Gasteiger partial charge in [-0.25, -0.2) is 0 Å². The zero-order valence-electron chi connectivity index (χ0n) is 13.7. The van der Waals surface area contributed by atoms with Crippen LogP contribution in [0.25, 0.3) is 0 Å². The van der Waals surface area contributed by atoms with E-state index in [2.05, 4.69) is 5.32 Å². The Morgan fingerprint density at radius 1 is 1.26 bits per heavy atom. The minimum absolute atomic E-state index is 0.121. The van der Waals surface area contributed by atoms with Gasteiger partial charge < -0.3 is 19.7 Å². The zero-order chi connectivity index (χ0) is 16.7. The number of amides is 2. The molecule has 0 radical (unpaired) electrons. The summed E-state index contributed by atoms with van der Waals surface area (Å²) in [5.74, 6) is -0.365. The smallest absolute Gasteiger partial charge is 0.248 e. The number of carbonyl (C=O) groups is 2. The van der Waals surface area contributed by atoms with Crippen molar-refractivity contribution in [3.05, 3.63) is 35.9 Å². The van der Waals surface area contributed by atoms with Crippen LogP contribution in [-0.2, 0) is 25.7 Å². The van der Waals surface area contributed by atoms with Crippen LogP contribution in [0.1, 0.15) is 19.4 Å². The van der Waals surface area contributed by atoms with Gasteiger partial charge in [-0.2, -0.15) is 0 Å². The van der Waals surface area contributed by atoms with Gasteiger partial charge in [0.15, 0.2) is 0 Å². The van der Waals surface area contributed by atoms with Crippen LogP contribution >= 0.6 is 0 Å². The van der Waals surface area contributed by atoms with Crippen LogP contribution in [0.4, 0.5) is 0 Å². The lowest BCUT2D eigenvalue weighted by molar-refractivity contribution is -0.144. The summed E-state index contributed by atoms with van der Waals surface area (Å²) in [6, 6.07) is 9.05.